The fraction of sp³-hybridized carbons (Fsp3) is 0.222. The largest absolute Gasteiger partial charge is 0.495 e. The number of nitro groups is 1. The Hall–Kier alpha value is -3.82. The second-order valence-corrected chi connectivity index (χ2v) is 5.32. The zero-order chi connectivity index (χ0) is 20.8. The van der Waals surface area contributed by atoms with Crippen LogP contribution in [0.15, 0.2) is 30.3 Å². The van der Waals surface area contributed by atoms with Crippen molar-refractivity contribution in [1.29, 1.82) is 0 Å². The van der Waals surface area contributed by atoms with Crippen LogP contribution >= 0.6 is 0 Å². The van der Waals surface area contributed by atoms with Crippen molar-refractivity contribution in [3.8, 4) is 17.2 Å². The molecule has 10 heteroatoms. The van der Waals surface area contributed by atoms with Gasteiger partial charge in [0.15, 0.2) is 5.75 Å². The van der Waals surface area contributed by atoms with E-state index in [1.54, 1.807) is 0 Å². The lowest BCUT2D eigenvalue weighted by Crippen LogP contribution is -2.15. The number of carbonyl (C=O) groups is 2. The highest BCUT2D eigenvalue weighted by Gasteiger charge is 2.29. The van der Waals surface area contributed by atoms with Crippen molar-refractivity contribution in [3.05, 3.63) is 51.6 Å². The molecule has 2 rings (SSSR count). The first-order chi connectivity index (χ1) is 13.4. The number of methoxy groups -OCH3 is 4. The Labute approximate surface area is 160 Å². The Morgan fingerprint density at radius 2 is 1.64 bits per heavy atom. The van der Waals surface area contributed by atoms with Crippen molar-refractivity contribution < 1.29 is 33.5 Å². The fourth-order valence-corrected chi connectivity index (χ4v) is 2.50. The number of nitro benzene ring substituents is 1. The Kier molecular flexibility index (Phi) is 6.38. The summed E-state index contributed by atoms with van der Waals surface area (Å²) in [4.78, 5) is 35.1. The average Bonchev–Trinajstić information content (AvgIpc) is 2.71. The Morgan fingerprint density at radius 1 is 0.964 bits per heavy atom. The van der Waals surface area contributed by atoms with Gasteiger partial charge in [-0.15, -0.1) is 0 Å². The SMILES string of the molecule is COC(=O)c1ccc(NC(=O)c2ccc(OC)c(OC)c2[N+](=O)[O-])c(OC)c1. The molecule has 1 N–H and O–H groups in total. The maximum absolute atomic E-state index is 12.7. The fourth-order valence-electron chi connectivity index (χ4n) is 2.50. The van der Waals surface area contributed by atoms with Crippen molar-refractivity contribution >= 4 is 23.3 Å². The van der Waals surface area contributed by atoms with E-state index in [9.17, 15) is 19.7 Å². The minimum absolute atomic E-state index is 0.116. The summed E-state index contributed by atoms with van der Waals surface area (Å²) in [6.07, 6.45) is 0. The minimum atomic E-state index is -0.767. The van der Waals surface area contributed by atoms with Gasteiger partial charge in [0, 0.05) is 0 Å². The van der Waals surface area contributed by atoms with Crippen molar-refractivity contribution in [3.63, 3.8) is 0 Å². The highest BCUT2D eigenvalue weighted by atomic mass is 16.6. The number of esters is 1. The first-order valence-corrected chi connectivity index (χ1v) is 7.85. The van der Waals surface area contributed by atoms with Gasteiger partial charge in [0.1, 0.15) is 11.3 Å². The van der Waals surface area contributed by atoms with Crippen LogP contribution in [0.25, 0.3) is 0 Å². The number of carbonyl (C=O) groups excluding carboxylic acids is 2. The van der Waals surface area contributed by atoms with Gasteiger partial charge in [-0.2, -0.15) is 0 Å². The molecule has 0 aliphatic carbocycles. The number of rotatable bonds is 7. The molecule has 148 valence electrons. The second-order valence-electron chi connectivity index (χ2n) is 5.32. The van der Waals surface area contributed by atoms with Crippen LogP contribution in [0.5, 0.6) is 17.2 Å². The number of hydrogen-bond acceptors (Lipinski definition) is 8. The molecule has 0 saturated carbocycles. The molecule has 0 aromatic heterocycles. The Bertz CT molecular complexity index is 926. The monoisotopic (exact) mass is 390 g/mol. The number of anilines is 1. The third kappa shape index (κ3) is 3.95. The van der Waals surface area contributed by atoms with Crippen molar-refractivity contribution in [1.82, 2.24) is 0 Å². The zero-order valence-corrected chi connectivity index (χ0v) is 15.6. The van der Waals surface area contributed by atoms with Gasteiger partial charge >= 0.3 is 11.7 Å². The van der Waals surface area contributed by atoms with Gasteiger partial charge in [-0.05, 0) is 30.3 Å². The van der Waals surface area contributed by atoms with Crippen LogP contribution in [0.3, 0.4) is 0 Å². The van der Waals surface area contributed by atoms with Crippen LogP contribution in [0.2, 0.25) is 0 Å². The van der Waals surface area contributed by atoms with Gasteiger partial charge < -0.3 is 24.3 Å². The van der Waals surface area contributed by atoms with E-state index < -0.39 is 22.5 Å². The second kappa shape index (κ2) is 8.71. The molecule has 0 spiro atoms. The molecule has 0 unspecified atom stereocenters. The Morgan fingerprint density at radius 3 is 2.18 bits per heavy atom. The lowest BCUT2D eigenvalue weighted by molar-refractivity contribution is -0.386. The van der Waals surface area contributed by atoms with Crippen LogP contribution in [-0.4, -0.2) is 45.2 Å². The predicted molar refractivity (Wildman–Crippen MR) is 98.5 cm³/mol. The molecule has 0 fully saturated rings. The maximum atomic E-state index is 12.7. The summed E-state index contributed by atoms with van der Waals surface area (Å²) >= 11 is 0. The molecule has 0 aliphatic rings. The summed E-state index contributed by atoms with van der Waals surface area (Å²) in [6, 6.07) is 6.87. The minimum Gasteiger partial charge on any atom is -0.495 e. The molecule has 2 aromatic carbocycles. The number of nitrogens with zero attached hydrogens (tertiary/aromatic N) is 1. The maximum Gasteiger partial charge on any atom is 0.337 e. The first-order valence-electron chi connectivity index (χ1n) is 7.85. The molecular weight excluding hydrogens is 372 g/mol. The van der Waals surface area contributed by atoms with Crippen molar-refractivity contribution in [2.24, 2.45) is 0 Å². The van der Waals surface area contributed by atoms with Crippen LogP contribution < -0.4 is 19.5 Å². The molecule has 0 atom stereocenters. The van der Waals surface area contributed by atoms with E-state index in [0.29, 0.717) is 0 Å². The van der Waals surface area contributed by atoms with Gasteiger partial charge in [-0.3, -0.25) is 14.9 Å². The highest BCUT2D eigenvalue weighted by Crippen LogP contribution is 2.40. The molecule has 0 aliphatic heterocycles. The summed E-state index contributed by atoms with van der Waals surface area (Å²) in [5.41, 5.74) is -0.343. The van der Waals surface area contributed by atoms with Crippen LogP contribution in [-0.2, 0) is 4.74 Å². The molecule has 0 bridgehead atoms. The van der Waals surface area contributed by atoms with Gasteiger partial charge in [-0.25, -0.2) is 4.79 Å². The highest BCUT2D eigenvalue weighted by molar-refractivity contribution is 6.09. The Balaban J connectivity index is 2.45. The zero-order valence-electron chi connectivity index (χ0n) is 15.6. The number of amides is 1. The van der Waals surface area contributed by atoms with E-state index in [1.165, 1.54) is 58.8 Å². The molecule has 2 aromatic rings. The first kappa shape index (κ1) is 20.5. The van der Waals surface area contributed by atoms with Gasteiger partial charge in [0.2, 0.25) is 5.75 Å². The number of ether oxygens (including phenoxy) is 4. The molecule has 0 radical (unpaired) electrons. The normalized spacial score (nSPS) is 10.0. The number of hydrogen-bond donors (Lipinski definition) is 1. The smallest absolute Gasteiger partial charge is 0.337 e. The topological polar surface area (TPSA) is 126 Å². The van der Waals surface area contributed by atoms with E-state index in [-0.39, 0.29) is 34.1 Å². The van der Waals surface area contributed by atoms with E-state index in [1.807, 2.05) is 0 Å². The van der Waals surface area contributed by atoms with Gasteiger partial charge in [0.25, 0.3) is 5.91 Å². The number of nitrogens with one attached hydrogen (secondary N) is 1. The summed E-state index contributed by atoms with van der Waals surface area (Å²) in [6.45, 7) is 0. The molecule has 1 amide bonds. The third-order valence-corrected chi connectivity index (χ3v) is 3.82. The summed E-state index contributed by atoms with van der Waals surface area (Å²) < 4.78 is 19.9. The number of benzene rings is 2. The van der Waals surface area contributed by atoms with Crippen LogP contribution in [0.1, 0.15) is 20.7 Å². The molecule has 0 heterocycles. The van der Waals surface area contributed by atoms with E-state index in [2.05, 4.69) is 10.1 Å². The van der Waals surface area contributed by atoms with Crippen LogP contribution in [0, 0.1) is 10.1 Å². The van der Waals surface area contributed by atoms with E-state index >= 15 is 0 Å². The van der Waals surface area contributed by atoms with Crippen molar-refractivity contribution in [2.45, 2.75) is 0 Å². The van der Waals surface area contributed by atoms with Crippen LogP contribution in [0.4, 0.5) is 11.4 Å². The summed E-state index contributed by atoms with van der Waals surface area (Å²) in [7, 11) is 5.15. The lowest BCUT2D eigenvalue weighted by atomic mass is 10.1. The van der Waals surface area contributed by atoms with E-state index in [0.717, 1.165) is 0 Å². The molecule has 28 heavy (non-hydrogen) atoms. The van der Waals surface area contributed by atoms with Gasteiger partial charge in [-0.1, -0.05) is 0 Å². The quantitative estimate of drug-likeness (QED) is 0.434. The average molecular weight is 390 g/mol. The molecular formula is C18H18N2O8. The molecule has 0 saturated heterocycles. The third-order valence-electron chi connectivity index (χ3n) is 3.82. The summed E-state index contributed by atoms with van der Waals surface area (Å²) in [5.74, 6) is -1.22. The lowest BCUT2D eigenvalue weighted by Gasteiger charge is -2.13. The van der Waals surface area contributed by atoms with E-state index in [4.69, 9.17) is 14.2 Å². The standard InChI is InChI=1S/C18H18N2O8/c1-25-13-8-6-11(15(20(23)24)16(13)27-3)17(21)19-12-7-5-10(18(22)28-4)9-14(12)26-2/h5-9H,1-4H3,(H,19,21). The van der Waals surface area contributed by atoms with Gasteiger partial charge in [0.05, 0.1) is 44.6 Å². The predicted octanol–water partition coefficient (Wildman–Crippen LogP) is 2.66. The van der Waals surface area contributed by atoms with Crippen molar-refractivity contribution in [2.75, 3.05) is 33.8 Å². The molecule has 10 nitrogen and oxygen atoms in total. The summed E-state index contributed by atoms with van der Waals surface area (Å²) in [5, 5.41) is 14.0.